The average Bonchev–Trinajstić information content (AvgIpc) is 3.26. The van der Waals surface area contributed by atoms with Gasteiger partial charge in [0.1, 0.15) is 11.8 Å². The Kier molecular flexibility index (Phi) is 9.81. The molecule has 2 aromatic heterocycles. The zero-order chi connectivity index (χ0) is 27.0. The van der Waals surface area contributed by atoms with Gasteiger partial charge < -0.3 is 29.0 Å². The molecule has 3 N–H and O–H groups in total. The molecule has 0 radical (unpaired) electrons. The molecule has 0 aliphatic carbocycles. The van der Waals surface area contributed by atoms with E-state index in [1.165, 1.54) is 21.1 Å². The second kappa shape index (κ2) is 12.8. The highest BCUT2D eigenvalue weighted by atomic mass is 31.2. The molecule has 0 bridgehead atoms. The van der Waals surface area contributed by atoms with Crippen LogP contribution in [-0.4, -0.2) is 64.6 Å². The minimum Gasteiger partial charge on any atom is -0.479 e. The number of carbonyl (C=O) groups excluding carboxylic acids is 1. The molecule has 3 rings (SSSR count). The molecule has 0 fully saturated rings. The van der Waals surface area contributed by atoms with E-state index < -0.39 is 25.9 Å². The molecule has 0 saturated heterocycles. The van der Waals surface area contributed by atoms with Crippen LogP contribution in [0.3, 0.4) is 0 Å². The van der Waals surface area contributed by atoms with Crippen molar-refractivity contribution in [2.75, 3.05) is 26.6 Å². The molecular formula is C23H33N6O7P. The number of benzene rings is 1. The number of para-hydroxylation sites is 1. The number of nitrogens with zero attached hydrogens (tertiary/aromatic N) is 4. The molecule has 37 heavy (non-hydrogen) atoms. The standard InChI is InChI=1S/C23H33N6O7P/c1-15(2)35-22(30)16(3)28-37(31,36-17-9-7-6-8-10-17)34-13-18(32-4)11-12-29-14-25-19-20(29)26-23(24)27-21(19)33-5/h6-10,14-16,18H,11-13H2,1-5H3,(H,28,31)(H2,24,26,27)/t16-,18?,37?/m0/s1. The zero-order valence-corrected chi connectivity index (χ0v) is 22.4. The topological polar surface area (TPSA) is 162 Å². The second-order valence-electron chi connectivity index (χ2n) is 8.38. The third-order valence-electron chi connectivity index (χ3n) is 5.12. The van der Waals surface area contributed by atoms with Gasteiger partial charge in [-0.1, -0.05) is 18.2 Å². The summed E-state index contributed by atoms with van der Waals surface area (Å²) in [7, 11) is -1.01. The van der Waals surface area contributed by atoms with E-state index in [9.17, 15) is 9.36 Å². The number of aryl methyl sites for hydroxylation is 1. The predicted octanol–water partition coefficient (Wildman–Crippen LogP) is 2.96. The minimum absolute atomic E-state index is 0.0629. The molecule has 14 heteroatoms. The number of fused-ring (bicyclic) bond motifs is 1. The van der Waals surface area contributed by atoms with Crippen LogP contribution in [0, 0.1) is 0 Å². The van der Waals surface area contributed by atoms with Gasteiger partial charge in [0.25, 0.3) is 0 Å². The quantitative estimate of drug-likeness (QED) is 0.229. The average molecular weight is 537 g/mol. The van der Waals surface area contributed by atoms with Gasteiger partial charge in [0, 0.05) is 13.7 Å². The highest BCUT2D eigenvalue weighted by molar-refractivity contribution is 7.52. The van der Waals surface area contributed by atoms with Crippen molar-refractivity contribution >= 4 is 30.8 Å². The molecule has 202 valence electrons. The number of nitrogens with two attached hydrogens (primary N) is 1. The van der Waals surface area contributed by atoms with Crippen LogP contribution in [0.2, 0.25) is 0 Å². The Bertz CT molecular complexity index is 1220. The maximum absolute atomic E-state index is 13.6. The Morgan fingerprint density at radius 2 is 1.89 bits per heavy atom. The van der Waals surface area contributed by atoms with Gasteiger partial charge in [0.05, 0.1) is 32.3 Å². The number of hydrogen-bond acceptors (Lipinski definition) is 11. The van der Waals surface area contributed by atoms with Crippen molar-refractivity contribution in [2.45, 2.75) is 52.0 Å². The van der Waals surface area contributed by atoms with Crippen LogP contribution in [-0.2, 0) is 29.9 Å². The van der Waals surface area contributed by atoms with Gasteiger partial charge in [-0.3, -0.25) is 9.32 Å². The lowest BCUT2D eigenvalue weighted by molar-refractivity contribution is -0.149. The number of esters is 1. The number of ether oxygens (including phenoxy) is 3. The SMILES string of the molecule is COc1nc(N)nc2c1ncn2CCC(COP(=O)(N[C@@H](C)C(=O)OC(C)C)Oc1ccccc1)OC. The van der Waals surface area contributed by atoms with E-state index in [2.05, 4.69) is 20.0 Å². The molecule has 3 atom stereocenters. The summed E-state index contributed by atoms with van der Waals surface area (Å²) in [6, 6.07) is 7.58. The second-order valence-corrected chi connectivity index (χ2v) is 10.1. The molecule has 1 aromatic carbocycles. The number of nitrogen functional groups attached to an aromatic ring is 1. The van der Waals surface area contributed by atoms with E-state index in [-0.39, 0.29) is 24.5 Å². The highest BCUT2D eigenvalue weighted by Gasteiger charge is 2.33. The van der Waals surface area contributed by atoms with E-state index in [1.54, 1.807) is 55.1 Å². The fourth-order valence-electron chi connectivity index (χ4n) is 3.31. The van der Waals surface area contributed by atoms with E-state index in [0.717, 1.165) is 0 Å². The van der Waals surface area contributed by atoms with Crippen molar-refractivity contribution in [1.82, 2.24) is 24.6 Å². The minimum atomic E-state index is -4.01. The van der Waals surface area contributed by atoms with Crippen molar-refractivity contribution < 1.29 is 32.6 Å². The summed E-state index contributed by atoms with van der Waals surface area (Å²) in [5, 5.41) is 2.66. The van der Waals surface area contributed by atoms with Gasteiger partial charge in [0.2, 0.25) is 11.8 Å². The summed E-state index contributed by atoms with van der Waals surface area (Å²) in [4.78, 5) is 24.9. The van der Waals surface area contributed by atoms with Crippen molar-refractivity contribution in [2.24, 2.45) is 0 Å². The Balaban J connectivity index is 1.69. The summed E-state index contributed by atoms with van der Waals surface area (Å²) in [5.74, 6) is 0.0752. The molecular weight excluding hydrogens is 503 g/mol. The number of hydrogen-bond donors (Lipinski definition) is 2. The predicted molar refractivity (Wildman–Crippen MR) is 136 cm³/mol. The van der Waals surface area contributed by atoms with Crippen LogP contribution in [0.25, 0.3) is 11.2 Å². The van der Waals surface area contributed by atoms with Gasteiger partial charge in [-0.15, -0.1) is 0 Å². The van der Waals surface area contributed by atoms with Gasteiger partial charge in [-0.05, 0) is 39.3 Å². The lowest BCUT2D eigenvalue weighted by Gasteiger charge is -2.25. The number of rotatable bonds is 14. The highest BCUT2D eigenvalue weighted by Crippen LogP contribution is 2.45. The van der Waals surface area contributed by atoms with Gasteiger partial charge >= 0.3 is 13.7 Å². The number of nitrogens with one attached hydrogen (secondary N) is 1. The molecule has 0 aliphatic heterocycles. The van der Waals surface area contributed by atoms with Crippen LogP contribution in [0.5, 0.6) is 11.6 Å². The Morgan fingerprint density at radius 3 is 2.54 bits per heavy atom. The van der Waals surface area contributed by atoms with E-state index in [4.69, 9.17) is 29.0 Å². The van der Waals surface area contributed by atoms with Crippen LogP contribution < -0.4 is 20.1 Å². The van der Waals surface area contributed by atoms with Crippen LogP contribution in [0.1, 0.15) is 27.2 Å². The van der Waals surface area contributed by atoms with E-state index >= 15 is 0 Å². The Hall–Kier alpha value is -3.25. The number of carbonyl (C=O) groups is 1. The summed E-state index contributed by atoms with van der Waals surface area (Å²) in [6.07, 6.45) is 1.24. The Labute approximate surface area is 215 Å². The number of aromatic nitrogens is 4. The number of anilines is 1. The smallest absolute Gasteiger partial charge is 0.459 e. The van der Waals surface area contributed by atoms with Gasteiger partial charge in [0.15, 0.2) is 11.2 Å². The first-order valence-corrected chi connectivity index (χ1v) is 13.2. The van der Waals surface area contributed by atoms with Crippen molar-refractivity contribution in [3.05, 3.63) is 36.7 Å². The molecule has 0 aliphatic rings. The summed E-state index contributed by atoms with van der Waals surface area (Å²) >= 11 is 0. The fraction of sp³-hybridized carbons (Fsp3) is 0.478. The molecule has 13 nitrogen and oxygen atoms in total. The largest absolute Gasteiger partial charge is 0.479 e. The van der Waals surface area contributed by atoms with Gasteiger partial charge in [-0.2, -0.15) is 15.1 Å². The summed E-state index contributed by atoms with van der Waals surface area (Å²) in [6.45, 7) is 5.32. The molecule has 2 heterocycles. The molecule has 0 spiro atoms. The first-order valence-electron chi connectivity index (χ1n) is 11.7. The zero-order valence-electron chi connectivity index (χ0n) is 21.5. The van der Waals surface area contributed by atoms with Crippen molar-refractivity contribution in [3.63, 3.8) is 0 Å². The van der Waals surface area contributed by atoms with Crippen LogP contribution in [0.15, 0.2) is 36.7 Å². The summed E-state index contributed by atoms with van der Waals surface area (Å²) in [5.41, 5.74) is 6.78. The third kappa shape index (κ3) is 7.86. The number of imidazole rings is 1. The molecule has 2 unspecified atom stereocenters. The van der Waals surface area contributed by atoms with E-state index in [1.807, 2.05) is 0 Å². The monoisotopic (exact) mass is 536 g/mol. The lowest BCUT2D eigenvalue weighted by Crippen LogP contribution is -2.36. The van der Waals surface area contributed by atoms with Crippen molar-refractivity contribution in [3.8, 4) is 11.6 Å². The van der Waals surface area contributed by atoms with Crippen LogP contribution in [0.4, 0.5) is 5.95 Å². The molecule has 0 saturated carbocycles. The van der Waals surface area contributed by atoms with E-state index in [0.29, 0.717) is 29.9 Å². The maximum atomic E-state index is 13.6. The molecule has 3 aromatic rings. The molecule has 0 amide bonds. The first kappa shape index (κ1) is 28.3. The summed E-state index contributed by atoms with van der Waals surface area (Å²) < 4.78 is 42.8. The number of methoxy groups -OCH3 is 2. The normalized spacial score (nSPS) is 14.8. The maximum Gasteiger partial charge on any atom is 0.459 e. The fourth-order valence-corrected chi connectivity index (χ4v) is 4.83. The van der Waals surface area contributed by atoms with Crippen LogP contribution >= 0.6 is 7.75 Å². The van der Waals surface area contributed by atoms with Crippen molar-refractivity contribution in [1.29, 1.82) is 0 Å². The first-order chi connectivity index (χ1) is 17.6. The Morgan fingerprint density at radius 1 is 1.16 bits per heavy atom. The van der Waals surface area contributed by atoms with Gasteiger partial charge in [-0.25, -0.2) is 9.55 Å². The lowest BCUT2D eigenvalue weighted by atomic mass is 10.2. The third-order valence-corrected chi connectivity index (χ3v) is 6.77.